The van der Waals surface area contributed by atoms with Gasteiger partial charge >= 0.3 is 0 Å². The molecule has 9 atom stereocenters. The Kier molecular flexibility index (Phi) is 4.37. The van der Waals surface area contributed by atoms with Crippen LogP contribution in [0.15, 0.2) is 0 Å². The highest BCUT2D eigenvalue weighted by atomic mass is 16.7. The van der Waals surface area contributed by atoms with E-state index in [9.17, 15) is 10.2 Å². The van der Waals surface area contributed by atoms with E-state index >= 15 is 0 Å². The lowest BCUT2D eigenvalue weighted by Gasteiger charge is -2.63. The average Bonchev–Trinajstić information content (AvgIpc) is 3.12. The maximum absolute atomic E-state index is 12.2. The first kappa shape index (κ1) is 19.8. The van der Waals surface area contributed by atoms with Gasteiger partial charge in [0.25, 0.3) is 0 Å². The number of hydrogen-bond acceptors (Lipinski definition) is 4. The van der Waals surface area contributed by atoms with E-state index in [4.69, 9.17) is 9.47 Å². The Hall–Kier alpha value is -0.160. The van der Waals surface area contributed by atoms with Gasteiger partial charge in [-0.05, 0) is 101 Å². The fourth-order valence-electron chi connectivity index (χ4n) is 8.75. The molecule has 5 rings (SSSR count). The molecule has 0 spiro atoms. The molecule has 160 valence electrons. The first-order chi connectivity index (χ1) is 13.1. The quantitative estimate of drug-likeness (QED) is 0.699. The summed E-state index contributed by atoms with van der Waals surface area (Å²) in [7, 11) is 0. The van der Waals surface area contributed by atoms with Crippen molar-refractivity contribution in [2.75, 3.05) is 6.61 Å². The Morgan fingerprint density at radius 1 is 0.821 bits per heavy atom. The second-order valence-corrected chi connectivity index (χ2v) is 11.8. The topological polar surface area (TPSA) is 58.9 Å². The first-order valence-electron chi connectivity index (χ1n) is 11.8. The van der Waals surface area contributed by atoms with E-state index in [2.05, 4.69) is 13.8 Å². The summed E-state index contributed by atoms with van der Waals surface area (Å²) in [5.41, 5.74) is -0.340. The number of aliphatic hydroxyl groups excluding tert-OH is 1. The van der Waals surface area contributed by atoms with Crippen LogP contribution < -0.4 is 0 Å². The fraction of sp³-hybridized carbons (Fsp3) is 1.00. The Morgan fingerprint density at radius 2 is 1.57 bits per heavy atom. The number of aliphatic hydroxyl groups is 2. The molecular weight excluding hydrogens is 352 g/mol. The molecule has 4 saturated carbocycles. The van der Waals surface area contributed by atoms with Gasteiger partial charge in [-0.15, -0.1) is 0 Å². The minimum atomic E-state index is -0.569. The third kappa shape index (κ3) is 2.57. The largest absolute Gasteiger partial charge is 0.393 e. The molecule has 0 aromatic rings. The van der Waals surface area contributed by atoms with Crippen LogP contribution in [0.5, 0.6) is 0 Å². The summed E-state index contributed by atoms with van der Waals surface area (Å²) in [4.78, 5) is 0. The van der Waals surface area contributed by atoms with Crippen LogP contribution in [0.3, 0.4) is 0 Å². The highest BCUT2D eigenvalue weighted by Gasteiger charge is 2.68. The molecule has 0 bridgehead atoms. The Balaban J connectivity index is 1.42. The summed E-state index contributed by atoms with van der Waals surface area (Å²) in [5.74, 6) is 1.54. The molecule has 0 aromatic carbocycles. The van der Waals surface area contributed by atoms with Crippen LogP contribution in [0.2, 0.25) is 0 Å². The van der Waals surface area contributed by atoms with Gasteiger partial charge in [-0.1, -0.05) is 13.8 Å². The zero-order chi connectivity index (χ0) is 19.9. The average molecular weight is 393 g/mol. The smallest absolute Gasteiger partial charge is 0.163 e. The SMILES string of the molecule is CC1(C)OC[C@@H]([C@H]2CC[C@]3(O)[C@@H]4CC[C@@H]5C[C@@H](O)CC[C@]5(C)[C@H]4CC[C@]23C)O1. The molecule has 2 N–H and O–H groups in total. The molecule has 0 unspecified atom stereocenters. The van der Waals surface area contributed by atoms with Crippen molar-refractivity contribution in [1.29, 1.82) is 0 Å². The molecule has 4 nitrogen and oxygen atoms in total. The molecule has 5 fully saturated rings. The lowest BCUT2D eigenvalue weighted by Crippen LogP contribution is -2.63. The molecular formula is C24H40O4. The van der Waals surface area contributed by atoms with Crippen molar-refractivity contribution in [1.82, 2.24) is 0 Å². The van der Waals surface area contributed by atoms with Gasteiger partial charge in [0.2, 0.25) is 0 Å². The predicted octanol–water partition coefficient (Wildman–Crippen LogP) is 4.27. The zero-order valence-electron chi connectivity index (χ0n) is 18.2. The molecule has 4 heteroatoms. The van der Waals surface area contributed by atoms with Crippen molar-refractivity contribution < 1.29 is 19.7 Å². The van der Waals surface area contributed by atoms with Gasteiger partial charge in [-0.2, -0.15) is 0 Å². The summed E-state index contributed by atoms with van der Waals surface area (Å²) >= 11 is 0. The number of rotatable bonds is 1. The van der Waals surface area contributed by atoms with E-state index < -0.39 is 11.4 Å². The van der Waals surface area contributed by atoms with E-state index in [0.717, 1.165) is 44.9 Å². The Labute approximate surface area is 170 Å². The van der Waals surface area contributed by atoms with Gasteiger partial charge in [0.1, 0.15) is 0 Å². The van der Waals surface area contributed by atoms with Crippen molar-refractivity contribution in [3.8, 4) is 0 Å². The number of ether oxygens (including phenoxy) is 2. The van der Waals surface area contributed by atoms with Gasteiger partial charge in [-0.25, -0.2) is 0 Å². The lowest BCUT2D eigenvalue weighted by molar-refractivity contribution is -0.220. The van der Waals surface area contributed by atoms with Crippen LogP contribution in [0.4, 0.5) is 0 Å². The van der Waals surface area contributed by atoms with E-state index in [-0.39, 0.29) is 17.6 Å². The van der Waals surface area contributed by atoms with Gasteiger partial charge in [0, 0.05) is 5.41 Å². The van der Waals surface area contributed by atoms with Gasteiger partial charge in [-0.3, -0.25) is 0 Å². The summed E-state index contributed by atoms with van der Waals surface area (Å²) in [6.07, 6.45) is 9.64. The Bertz CT molecular complexity index is 634. The molecule has 4 aliphatic carbocycles. The van der Waals surface area contributed by atoms with Crippen molar-refractivity contribution in [3.05, 3.63) is 0 Å². The standard InChI is InChI=1S/C24H40O4/c1-21(2)27-14-20(28-21)19-9-12-24(26)18-6-5-15-13-16(25)7-10-22(15,3)17(18)8-11-23(19,24)4/h15-20,25-26H,5-14H2,1-4H3/t15-,16+,17+,18-,19-,20+,22+,23-,24+/m1/s1. The third-order valence-corrected chi connectivity index (χ3v) is 10.4. The lowest BCUT2D eigenvalue weighted by atomic mass is 9.43. The third-order valence-electron chi connectivity index (χ3n) is 10.4. The van der Waals surface area contributed by atoms with Gasteiger partial charge in [0.05, 0.1) is 24.4 Å². The molecule has 0 aromatic heterocycles. The van der Waals surface area contributed by atoms with E-state index in [1.807, 2.05) is 13.8 Å². The number of hydrogen-bond donors (Lipinski definition) is 2. The van der Waals surface area contributed by atoms with Crippen molar-refractivity contribution in [3.63, 3.8) is 0 Å². The van der Waals surface area contributed by atoms with Crippen molar-refractivity contribution in [2.45, 2.75) is 109 Å². The Morgan fingerprint density at radius 3 is 2.29 bits per heavy atom. The molecule has 5 aliphatic rings. The highest BCUT2D eigenvalue weighted by Crippen LogP contribution is 2.69. The summed E-state index contributed by atoms with van der Waals surface area (Å²) in [6.45, 7) is 9.51. The normalized spacial score (nSPS) is 58.1. The minimum Gasteiger partial charge on any atom is -0.393 e. The monoisotopic (exact) mass is 392 g/mol. The number of fused-ring (bicyclic) bond motifs is 5. The van der Waals surface area contributed by atoms with Crippen LogP contribution in [-0.4, -0.2) is 40.4 Å². The first-order valence-corrected chi connectivity index (χ1v) is 11.8. The second kappa shape index (κ2) is 6.18. The minimum absolute atomic E-state index is 0.0695. The van der Waals surface area contributed by atoms with Crippen LogP contribution in [0.25, 0.3) is 0 Å². The predicted molar refractivity (Wildman–Crippen MR) is 108 cm³/mol. The molecule has 0 radical (unpaired) electrons. The summed E-state index contributed by atoms with van der Waals surface area (Å²) in [6, 6.07) is 0. The molecule has 1 aliphatic heterocycles. The fourth-order valence-corrected chi connectivity index (χ4v) is 8.75. The molecule has 1 saturated heterocycles. The van der Waals surface area contributed by atoms with E-state index in [1.165, 1.54) is 12.8 Å². The van der Waals surface area contributed by atoms with Crippen molar-refractivity contribution >= 4 is 0 Å². The van der Waals surface area contributed by atoms with Crippen molar-refractivity contribution in [2.24, 2.45) is 34.5 Å². The van der Waals surface area contributed by atoms with Crippen LogP contribution >= 0.6 is 0 Å². The maximum Gasteiger partial charge on any atom is 0.163 e. The zero-order valence-corrected chi connectivity index (χ0v) is 18.2. The maximum atomic E-state index is 12.2. The van der Waals surface area contributed by atoms with Gasteiger partial charge < -0.3 is 19.7 Å². The molecule has 1 heterocycles. The van der Waals surface area contributed by atoms with Gasteiger partial charge in [0.15, 0.2) is 5.79 Å². The summed E-state index contributed by atoms with van der Waals surface area (Å²) in [5, 5.41) is 22.5. The summed E-state index contributed by atoms with van der Waals surface area (Å²) < 4.78 is 12.2. The van der Waals surface area contributed by atoms with E-state index in [0.29, 0.717) is 35.7 Å². The second-order valence-electron chi connectivity index (χ2n) is 11.8. The van der Waals surface area contributed by atoms with Crippen LogP contribution in [0, 0.1) is 34.5 Å². The van der Waals surface area contributed by atoms with Crippen LogP contribution in [0.1, 0.15) is 85.5 Å². The highest BCUT2D eigenvalue weighted by molar-refractivity contribution is 5.18. The van der Waals surface area contributed by atoms with Crippen LogP contribution in [-0.2, 0) is 9.47 Å². The molecule has 28 heavy (non-hydrogen) atoms. The van der Waals surface area contributed by atoms with E-state index in [1.54, 1.807) is 0 Å². The molecule has 0 amide bonds.